The van der Waals surface area contributed by atoms with Crippen molar-refractivity contribution in [1.29, 1.82) is 0 Å². The number of carbonyl (C=O) groups is 1. The van der Waals surface area contributed by atoms with Crippen molar-refractivity contribution in [2.45, 2.75) is 19.3 Å². The van der Waals surface area contributed by atoms with Crippen LogP contribution in [0.3, 0.4) is 0 Å². The smallest absolute Gasteiger partial charge is 0.308 e. The molecule has 0 aromatic carbocycles. The first-order chi connectivity index (χ1) is 7.83. The Morgan fingerprint density at radius 3 is 2.19 bits per heavy atom. The molecule has 0 amide bonds. The molecule has 9 atom stereocenters. The fourth-order valence-corrected chi connectivity index (χ4v) is 6.41. The molecule has 5 aliphatic rings. The van der Waals surface area contributed by atoms with Crippen LogP contribution < -0.4 is 0 Å². The van der Waals surface area contributed by atoms with E-state index in [-0.39, 0.29) is 11.9 Å². The molecular formula is C14H18O2. The van der Waals surface area contributed by atoms with Gasteiger partial charge < -0.3 is 4.74 Å². The van der Waals surface area contributed by atoms with Crippen molar-refractivity contribution >= 4 is 5.97 Å². The molecule has 5 aliphatic carbocycles. The summed E-state index contributed by atoms with van der Waals surface area (Å²) in [6.45, 7) is 0. The molecule has 5 fully saturated rings. The Balaban J connectivity index is 1.37. The zero-order chi connectivity index (χ0) is 10.6. The first-order valence-corrected chi connectivity index (χ1v) is 6.90. The van der Waals surface area contributed by atoms with Gasteiger partial charge in [0.2, 0.25) is 0 Å². The summed E-state index contributed by atoms with van der Waals surface area (Å²) in [5.41, 5.74) is 0. The van der Waals surface area contributed by atoms with Crippen LogP contribution in [0.4, 0.5) is 0 Å². The van der Waals surface area contributed by atoms with Gasteiger partial charge in [0.05, 0.1) is 13.0 Å². The third-order valence-electron chi connectivity index (χ3n) is 7.08. The van der Waals surface area contributed by atoms with E-state index in [0.29, 0.717) is 0 Å². The fraction of sp³-hybridized carbons (Fsp3) is 0.929. The second kappa shape index (κ2) is 2.34. The second-order valence-corrected chi connectivity index (χ2v) is 6.82. The molecule has 0 N–H and O–H groups in total. The molecule has 0 heterocycles. The highest BCUT2D eigenvalue weighted by molar-refractivity contribution is 5.74. The Kier molecular flexibility index (Phi) is 1.25. The van der Waals surface area contributed by atoms with E-state index in [1.807, 2.05) is 0 Å². The highest BCUT2D eigenvalue weighted by Gasteiger charge is 2.80. The normalized spacial score (nSPS) is 67.2. The molecule has 16 heavy (non-hydrogen) atoms. The molecule has 5 rings (SSSR count). The lowest BCUT2D eigenvalue weighted by Gasteiger charge is -2.84. The second-order valence-electron chi connectivity index (χ2n) is 6.82. The van der Waals surface area contributed by atoms with Gasteiger partial charge >= 0.3 is 5.97 Å². The molecule has 0 radical (unpaired) electrons. The van der Waals surface area contributed by atoms with E-state index >= 15 is 0 Å². The summed E-state index contributed by atoms with van der Waals surface area (Å²) in [6, 6.07) is 0. The van der Waals surface area contributed by atoms with Crippen LogP contribution in [0.1, 0.15) is 19.3 Å². The van der Waals surface area contributed by atoms with Gasteiger partial charge in [-0.15, -0.1) is 0 Å². The number of ether oxygens (including phenoxy) is 1. The Labute approximate surface area is 95.7 Å². The average Bonchev–Trinajstić information content (AvgIpc) is 2.23. The summed E-state index contributed by atoms with van der Waals surface area (Å²) in [5, 5.41) is 0. The Morgan fingerprint density at radius 2 is 1.56 bits per heavy atom. The van der Waals surface area contributed by atoms with Gasteiger partial charge in [-0.1, -0.05) is 0 Å². The molecule has 0 aromatic rings. The Hall–Kier alpha value is -0.530. The lowest BCUT2D eigenvalue weighted by Crippen LogP contribution is -2.81. The van der Waals surface area contributed by atoms with Gasteiger partial charge in [-0.25, -0.2) is 0 Å². The average molecular weight is 218 g/mol. The van der Waals surface area contributed by atoms with Gasteiger partial charge in [-0.3, -0.25) is 4.79 Å². The van der Waals surface area contributed by atoms with Gasteiger partial charge in [0.15, 0.2) is 0 Å². The molecule has 1 unspecified atom stereocenters. The number of carbonyl (C=O) groups excluding carboxylic acids is 1. The molecule has 0 aromatic heterocycles. The summed E-state index contributed by atoms with van der Waals surface area (Å²) >= 11 is 0. The van der Waals surface area contributed by atoms with E-state index in [0.717, 1.165) is 53.8 Å². The molecular weight excluding hydrogens is 200 g/mol. The number of esters is 1. The van der Waals surface area contributed by atoms with Crippen LogP contribution in [0.15, 0.2) is 0 Å². The number of hydrogen-bond donors (Lipinski definition) is 0. The minimum absolute atomic E-state index is 0.0765. The predicted octanol–water partition coefficient (Wildman–Crippen LogP) is 1.94. The van der Waals surface area contributed by atoms with Crippen LogP contribution in [0.2, 0.25) is 0 Å². The fourth-order valence-electron chi connectivity index (χ4n) is 6.41. The third-order valence-corrected chi connectivity index (χ3v) is 7.08. The van der Waals surface area contributed by atoms with E-state index in [9.17, 15) is 4.79 Å². The molecule has 0 spiro atoms. The standard InChI is InChI=1S/C14H18O2/c1-16-14(15)8-4-7-9(8)13-11-6-3-2-5(6)10(11)12(7)13/h5-13H,2-4H2,1H3/t5-,6+,7-,8?,9-,10+,11-,12-,13+/m1/s1. The third kappa shape index (κ3) is 0.613. The van der Waals surface area contributed by atoms with Crippen LogP contribution in [-0.4, -0.2) is 13.1 Å². The summed E-state index contributed by atoms with van der Waals surface area (Å²) in [7, 11) is 1.54. The van der Waals surface area contributed by atoms with Crippen LogP contribution in [-0.2, 0) is 9.53 Å². The molecule has 0 bridgehead atoms. The molecule has 2 heteroatoms. The molecule has 86 valence electrons. The number of hydrogen-bond acceptors (Lipinski definition) is 2. The van der Waals surface area contributed by atoms with Gasteiger partial charge in [-0.2, -0.15) is 0 Å². The summed E-state index contributed by atoms with van der Waals surface area (Å²) in [4.78, 5) is 11.6. The highest BCUT2D eigenvalue weighted by atomic mass is 16.5. The maximum absolute atomic E-state index is 11.6. The number of methoxy groups -OCH3 is 1. The van der Waals surface area contributed by atoms with Crippen LogP contribution >= 0.6 is 0 Å². The van der Waals surface area contributed by atoms with Crippen molar-refractivity contribution < 1.29 is 9.53 Å². The van der Waals surface area contributed by atoms with Crippen molar-refractivity contribution in [3.05, 3.63) is 0 Å². The molecule has 2 nitrogen and oxygen atoms in total. The van der Waals surface area contributed by atoms with E-state index in [2.05, 4.69) is 0 Å². The zero-order valence-electron chi connectivity index (χ0n) is 9.63. The molecule has 0 saturated heterocycles. The topological polar surface area (TPSA) is 26.3 Å². The van der Waals surface area contributed by atoms with Gasteiger partial charge in [0.25, 0.3) is 0 Å². The molecule has 5 saturated carbocycles. The SMILES string of the molecule is COC(=O)C1C[C@@H]2[C@H]1[C@@H]1[C@H]2[C@H]2[C@@H]3CC[C@@H]3[C@H]21. The van der Waals surface area contributed by atoms with Gasteiger partial charge in [0.1, 0.15) is 0 Å². The van der Waals surface area contributed by atoms with Crippen LogP contribution in [0.25, 0.3) is 0 Å². The lowest BCUT2D eigenvalue weighted by molar-refractivity contribution is -0.372. The first-order valence-electron chi connectivity index (χ1n) is 6.90. The van der Waals surface area contributed by atoms with Crippen molar-refractivity contribution in [2.24, 2.45) is 53.3 Å². The highest BCUT2D eigenvalue weighted by Crippen LogP contribution is 2.84. The summed E-state index contributed by atoms with van der Waals surface area (Å²) < 4.78 is 4.92. The Morgan fingerprint density at radius 1 is 0.938 bits per heavy atom. The first kappa shape index (κ1) is 8.54. The minimum Gasteiger partial charge on any atom is -0.469 e. The quantitative estimate of drug-likeness (QED) is 0.496. The maximum Gasteiger partial charge on any atom is 0.308 e. The van der Waals surface area contributed by atoms with Crippen molar-refractivity contribution in [2.75, 3.05) is 7.11 Å². The number of fused-ring (bicyclic) bond motifs is 10. The van der Waals surface area contributed by atoms with Gasteiger partial charge in [-0.05, 0) is 66.6 Å². The lowest BCUT2D eigenvalue weighted by atomic mass is 9.20. The van der Waals surface area contributed by atoms with Crippen LogP contribution in [0, 0.1) is 53.3 Å². The Bertz CT molecular complexity index is 384. The van der Waals surface area contributed by atoms with Crippen molar-refractivity contribution in [3.8, 4) is 0 Å². The zero-order valence-corrected chi connectivity index (χ0v) is 9.63. The van der Waals surface area contributed by atoms with Gasteiger partial charge in [0, 0.05) is 0 Å². The monoisotopic (exact) mass is 218 g/mol. The van der Waals surface area contributed by atoms with Crippen LogP contribution in [0.5, 0.6) is 0 Å². The van der Waals surface area contributed by atoms with E-state index in [1.165, 1.54) is 12.8 Å². The minimum atomic E-state index is 0.0765. The summed E-state index contributed by atoms with van der Waals surface area (Å²) in [5.74, 6) is 8.43. The van der Waals surface area contributed by atoms with Crippen molar-refractivity contribution in [3.63, 3.8) is 0 Å². The van der Waals surface area contributed by atoms with E-state index in [1.54, 1.807) is 7.11 Å². The molecule has 0 aliphatic heterocycles. The summed E-state index contributed by atoms with van der Waals surface area (Å²) in [6.07, 6.45) is 4.17. The predicted molar refractivity (Wildman–Crippen MR) is 57.3 cm³/mol. The maximum atomic E-state index is 11.6. The van der Waals surface area contributed by atoms with Crippen molar-refractivity contribution in [1.82, 2.24) is 0 Å². The van der Waals surface area contributed by atoms with E-state index < -0.39 is 0 Å². The number of rotatable bonds is 1. The largest absolute Gasteiger partial charge is 0.469 e. The van der Waals surface area contributed by atoms with E-state index in [4.69, 9.17) is 4.74 Å².